The molecule has 3 aromatic rings. The average molecular weight is 445 g/mol. The standard InChI is InChI=1S/C21H22ClFN6O2/c1-29(2)20(30)12-3-6-14(7-4-12)31-21-24-10-17-18(28-21)19(26-11-25-17)27-13-5-8-16(23)15(22)9-13/h5,8-12,14H,3-4,6-7H2,1-2H3,(H,25,26,27). The van der Waals surface area contributed by atoms with Crippen molar-refractivity contribution in [3.8, 4) is 6.01 Å². The summed E-state index contributed by atoms with van der Waals surface area (Å²) in [5, 5.41) is 3.09. The minimum Gasteiger partial charge on any atom is -0.460 e. The van der Waals surface area contributed by atoms with E-state index in [4.69, 9.17) is 16.3 Å². The number of aromatic nitrogens is 4. The molecule has 1 aliphatic rings. The van der Waals surface area contributed by atoms with Crippen LogP contribution in [0.25, 0.3) is 11.0 Å². The highest BCUT2D eigenvalue weighted by atomic mass is 35.5. The summed E-state index contributed by atoms with van der Waals surface area (Å²) in [5.74, 6) is 0.133. The van der Waals surface area contributed by atoms with Gasteiger partial charge in [0.15, 0.2) is 5.82 Å². The number of nitrogens with zero attached hydrogens (tertiary/aromatic N) is 5. The van der Waals surface area contributed by atoms with Gasteiger partial charge in [0.05, 0.1) is 11.2 Å². The van der Waals surface area contributed by atoms with Crippen LogP contribution < -0.4 is 10.1 Å². The first-order valence-electron chi connectivity index (χ1n) is 9.98. The monoisotopic (exact) mass is 444 g/mol. The molecule has 1 saturated carbocycles. The Kier molecular flexibility index (Phi) is 6.13. The van der Waals surface area contributed by atoms with Gasteiger partial charge < -0.3 is 15.0 Å². The van der Waals surface area contributed by atoms with Crippen molar-refractivity contribution in [1.82, 2.24) is 24.8 Å². The Morgan fingerprint density at radius 1 is 1.19 bits per heavy atom. The summed E-state index contributed by atoms with van der Waals surface area (Å²) >= 11 is 5.86. The van der Waals surface area contributed by atoms with Gasteiger partial charge in [-0.05, 0) is 43.9 Å². The quantitative estimate of drug-likeness (QED) is 0.636. The first kappa shape index (κ1) is 21.2. The number of carbonyl (C=O) groups is 1. The topological polar surface area (TPSA) is 93.1 Å². The Morgan fingerprint density at radius 3 is 2.68 bits per heavy atom. The highest BCUT2D eigenvalue weighted by Gasteiger charge is 2.28. The van der Waals surface area contributed by atoms with Crippen LogP contribution >= 0.6 is 11.6 Å². The van der Waals surface area contributed by atoms with Crippen LogP contribution in [0, 0.1) is 11.7 Å². The van der Waals surface area contributed by atoms with Crippen molar-refractivity contribution in [2.24, 2.45) is 5.92 Å². The van der Waals surface area contributed by atoms with Crippen molar-refractivity contribution < 1.29 is 13.9 Å². The number of fused-ring (bicyclic) bond motifs is 1. The summed E-state index contributed by atoms with van der Waals surface area (Å²) in [6, 6.07) is 4.53. The molecule has 0 bridgehead atoms. The van der Waals surface area contributed by atoms with Gasteiger partial charge in [-0.15, -0.1) is 0 Å². The number of ether oxygens (including phenoxy) is 1. The molecular formula is C21H22ClFN6O2. The highest BCUT2D eigenvalue weighted by Crippen LogP contribution is 2.29. The van der Waals surface area contributed by atoms with Crippen molar-refractivity contribution in [2.45, 2.75) is 31.8 Å². The van der Waals surface area contributed by atoms with Crippen LogP contribution in [0.2, 0.25) is 5.02 Å². The lowest BCUT2D eigenvalue weighted by Crippen LogP contribution is -2.34. The van der Waals surface area contributed by atoms with Gasteiger partial charge in [0.2, 0.25) is 5.91 Å². The molecule has 1 fully saturated rings. The van der Waals surface area contributed by atoms with Gasteiger partial charge >= 0.3 is 6.01 Å². The number of amides is 1. The fraction of sp³-hybridized carbons (Fsp3) is 0.381. The molecule has 1 N–H and O–H groups in total. The second kappa shape index (κ2) is 8.97. The molecule has 8 nitrogen and oxygen atoms in total. The molecule has 1 amide bonds. The van der Waals surface area contributed by atoms with E-state index in [9.17, 15) is 9.18 Å². The van der Waals surface area contributed by atoms with E-state index in [0.29, 0.717) is 22.5 Å². The number of carbonyl (C=O) groups excluding carboxylic acids is 1. The number of benzene rings is 1. The first-order valence-corrected chi connectivity index (χ1v) is 10.4. The van der Waals surface area contributed by atoms with E-state index in [0.717, 1.165) is 25.7 Å². The zero-order valence-corrected chi connectivity index (χ0v) is 17.9. The summed E-state index contributed by atoms with van der Waals surface area (Å²) < 4.78 is 19.4. The number of halogens is 2. The van der Waals surface area contributed by atoms with Crippen LogP contribution in [0.4, 0.5) is 15.9 Å². The molecule has 0 aliphatic heterocycles. The Morgan fingerprint density at radius 2 is 1.97 bits per heavy atom. The molecule has 31 heavy (non-hydrogen) atoms. The van der Waals surface area contributed by atoms with Crippen molar-refractivity contribution >= 4 is 40.0 Å². The van der Waals surface area contributed by atoms with E-state index in [1.165, 1.54) is 18.5 Å². The van der Waals surface area contributed by atoms with E-state index >= 15 is 0 Å². The Balaban J connectivity index is 1.49. The van der Waals surface area contributed by atoms with Gasteiger partial charge in [0, 0.05) is 25.7 Å². The maximum absolute atomic E-state index is 13.4. The molecule has 0 spiro atoms. The highest BCUT2D eigenvalue weighted by molar-refractivity contribution is 6.31. The van der Waals surface area contributed by atoms with Crippen LogP contribution in [0.15, 0.2) is 30.7 Å². The Labute approximate surface area is 183 Å². The van der Waals surface area contributed by atoms with Crippen LogP contribution in [0.5, 0.6) is 6.01 Å². The first-order chi connectivity index (χ1) is 14.9. The van der Waals surface area contributed by atoms with Crippen LogP contribution in [0.3, 0.4) is 0 Å². The minimum absolute atomic E-state index is 0.00496. The van der Waals surface area contributed by atoms with Gasteiger partial charge in [0.25, 0.3) is 0 Å². The molecule has 10 heteroatoms. The molecule has 0 atom stereocenters. The third-order valence-electron chi connectivity index (χ3n) is 5.27. The zero-order valence-electron chi connectivity index (χ0n) is 17.2. The Bertz CT molecular complexity index is 1100. The molecular weight excluding hydrogens is 423 g/mol. The lowest BCUT2D eigenvalue weighted by Gasteiger charge is -2.29. The zero-order chi connectivity index (χ0) is 22.0. The van der Waals surface area contributed by atoms with Gasteiger partial charge in [-0.2, -0.15) is 4.98 Å². The summed E-state index contributed by atoms with van der Waals surface area (Å²) in [5.41, 5.74) is 1.58. The maximum atomic E-state index is 13.4. The summed E-state index contributed by atoms with van der Waals surface area (Å²) in [7, 11) is 3.56. The lowest BCUT2D eigenvalue weighted by molar-refractivity contribution is -0.134. The van der Waals surface area contributed by atoms with E-state index in [1.54, 1.807) is 31.3 Å². The fourth-order valence-electron chi connectivity index (χ4n) is 3.64. The third-order valence-corrected chi connectivity index (χ3v) is 5.56. The fourth-order valence-corrected chi connectivity index (χ4v) is 3.82. The molecule has 1 aromatic carbocycles. The number of hydrogen-bond acceptors (Lipinski definition) is 7. The molecule has 0 radical (unpaired) electrons. The van der Waals surface area contributed by atoms with Crippen molar-refractivity contribution in [1.29, 1.82) is 0 Å². The second-order valence-electron chi connectivity index (χ2n) is 7.69. The van der Waals surface area contributed by atoms with Crippen molar-refractivity contribution in [3.63, 3.8) is 0 Å². The van der Waals surface area contributed by atoms with Crippen LogP contribution in [-0.2, 0) is 4.79 Å². The number of nitrogens with one attached hydrogen (secondary N) is 1. The minimum atomic E-state index is -0.500. The van der Waals surface area contributed by atoms with E-state index in [-0.39, 0.29) is 29.0 Å². The molecule has 0 saturated heterocycles. The van der Waals surface area contributed by atoms with Gasteiger partial charge in [-0.25, -0.2) is 19.3 Å². The molecule has 1 aliphatic carbocycles. The smallest absolute Gasteiger partial charge is 0.317 e. The molecule has 162 valence electrons. The van der Waals surface area contributed by atoms with E-state index < -0.39 is 5.82 Å². The molecule has 4 rings (SSSR count). The summed E-state index contributed by atoms with van der Waals surface area (Å²) in [6.45, 7) is 0. The van der Waals surface area contributed by atoms with E-state index in [1.807, 2.05) is 0 Å². The predicted octanol–water partition coefficient (Wildman–Crippen LogP) is 3.98. The number of hydrogen-bond donors (Lipinski definition) is 1. The van der Waals surface area contributed by atoms with Gasteiger partial charge in [-0.3, -0.25) is 4.79 Å². The lowest BCUT2D eigenvalue weighted by atomic mass is 9.86. The SMILES string of the molecule is CN(C)C(=O)C1CCC(Oc2ncc3ncnc(Nc4ccc(F)c(Cl)c4)c3n2)CC1. The third kappa shape index (κ3) is 4.82. The number of anilines is 2. The summed E-state index contributed by atoms with van der Waals surface area (Å²) in [4.78, 5) is 31.0. The number of rotatable bonds is 5. The largest absolute Gasteiger partial charge is 0.460 e. The van der Waals surface area contributed by atoms with Crippen LogP contribution in [0.1, 0.15) is 25.7 Å². The second-order valence-corrected chi connectivity index (χ2v) is 8.09. The summed E-state index contributed by atoms with van der Waals surface area (Å²) in [6.07, 6.45) is 5.98. The maximum Gasteiger partial charge on any atom is 0.317 e. The van der Waals surface area contributed by atoms with Gasteiger partial charge in [-0.1, -0.05) is 11.6 Å². The Hall–Kier alpha value is -3.07. The van der Waals surface area contributed by atoms with Crippen molar-refractivity contribution in [3.05, 3.63) is 41.6 Å². The average Bonchev–Trinajstić information content (AvgIpc) is 2.76. The molecule has 2 aromatic heterocycles. The molecule has 0 unspecified atom stereocenters. The predicted molar refractivity (Wildman–Crippen MR) is 115 cm³/mol. The van der Waals surface area contributed by atoms with E-state index in [2.05, 4.69) is 25.3 Å². The molecule has 2 heterocycles. The normalized spacial score (nSPS) is 18.6. The van der Waals surface area contributed by atoms with Gasteiger partial charge in [0.1, 0.15) is 29.3 Å². The van der Waals surface area contributed by atoms with Crippen LogP contribution in [-0.4, -0.2) is 50.9 Å². The van der Waals surface area contributed by atoms with Crippen molar-refractivity contribution in [2.75, 3.05) is 19.4 Å².